The van der Waals surface area contributed by atoms with E-state index in [1.807, 2.05) is 24.3 Å². The van der Waals surface area contributed by atoms with Gasteiger partial charge in [-0.1, -0.05) is 28.1 Å². The number of amides is 1. The smallest absolute Gasteiger partial charge is 0.225 e. The van der Waals surface area contributed by atoms with Crippen LogP contribution in [0.1, 0.15) is 35.7 Å². The normalized spacial score (nSPS) is 10.6. The summed E-state index contributed by atoms with van der Waals surface area (Å²) in [7, 11) is 0. The molecule has 0 bridgehead atoms. The lowest BCUT2D eigenvalue weighted by Crippen LogP contribution is -2.16. The van der Waals surface area contributed by atoms with Gasteiger partial charge in [-0.15, -0.1) is 0 Å². The van der Waals surface area contributed by atoms with Crippen LogP contribution in [0.25, 0.3) is 0 Å². The van der Waals surface area contributed by atoms with E-state index in [2.05, 4.69) is 26.3 Å². The number of ketones is 1. The van der Waals surface area contributed by atoms with Gasteiger partial charge in [-0.3, -0.25) is 9.59 Å². The average Bonchev–Trinajstić information content (AvgIpc) is 3.14. The Hall–Kier alpha value is -2.93. The van der Waals surface area contributed by atoms with Crippen molar-refractivity contribution in [3.8, 4) is 5.75 Å². The number of anilines is 1. The number of benzene rings is 2. The van der Waals surface area contributed by atoms with Crippen molar-refractivity contribution in [2.24, 2.45) is 0 Å². The molecule has 29 heavy (non-hydrogen) atoms. The van der Waals surface area contributed by atoms with Crippen molar-refractivity contribution < 1.29 is 14.3 Å². The first-order valence-corrected chi connectivity index (χ1v) is 10.1. The highest BCUT2D eigenvalue weighted by Crippen LogP contribution is 2.15. The molecule has 0 saturated heterocycles. The van der Waals surface area contributed by atoms with Crippen LogP contribution in [0.3, 0.4) is 0 Å². The van der Waals surface area contributed by atoms with Crippen LogP contribution in [0.2, 0.25) is 0 Å². The van der Waals surface area contributed by atoms with Crippen LogP contribution in [-0.4, -0.2) is 28.1 Å². The number of hydrogen-bond acceptors (Lipinski definition) is 4. The monoisotopic (exact) mass is 455 g/mol. The first-order chi connectivity index (χ1) is 14.0. The Bertz CT molecular complexity index is 966. The Morgan fingerprint density at radius 1 is 1.07 bits per heavy atom. The number of nitrogens with zero attached hydrogens (tertiary/aromatic N) is 2. The number of hydrogen-bond donors (Lipinski definition) is 1. The first kappa shape index (κ1) is 20.8. The third kappa shape index (κ3) is 6.29. The molecular formula is C22H22BrN3O3. The van der Waals surface area contributed by atoms with Gasteiger partial charge in [0, 0.05) is 22.5 Å². The molecule has 0 aliphatic rings. The lowest BCUT2D eigenvalue weighted by molar-refractivity contribution is -0.116. The second-order valence-corrected chi connectivity index (χ2v) is 7.50. The average molecular weight is 456 g/mol. The molecule has 2 aromatic carbocycles. The number of carbonyl (C=O) groups excluding carboxylic acids is 2. The van der Waals surface area contributed by atoms with Gasteiger partial charge in [-0.2, -0.15) is 5.10 Å². The molecule has 1 amide bonds. The maximum absolute atomic E-state index is 12.2. The quantitative estimate of drug-likeness (QED) is 0.375. The predicted molar refractivity (Wildman–Crippen MR) is 115 cm³/mol. The molecule has 0 spiro atoms. The number of carbonyl (C=O) groups is 2. The molecule has 150 valence electrons. The van der Waals surface area contributed by atoms with Crippen LogP contribution >= 0.6 is 15.9 Å². The zero-order chi connectivity index (χ0) is 20.6. The van der Waals surface area contributed by atoms with Crippen LogP contribution in [0, 0.1) is 0 Å². The molecule has 0 unspecified atom stereocenters. The molecule has 6 nitrogen and oxygen atoms in total. The standard InChI is InChI=1S/C22H22BrN3O3/c1-16(27)18-6-10-20(11-7-18)29-14-2-3-22(28)25-21-12-13-24-26(21)15-17-4-8-19(23)9-5-17/h4-13H,2-3,14-15H2,1H3,(H,25,28). The second kappa shape index (κ2) is 10.0. The van der Waals surface area contributed by atoms with Crippen LogP contribution in [-0.2, 0) is 11.3 Å². The summed E-state index contributed by atoms with van der Waals surface area (Å²) < 4.78 is 8.40. The van der Waals surface area contributed by atoms with Gasteiger partial charge in [0.05, 0.1) is 19.3 Å². The summed E-state index contributed by atoms with van der Waals surface area (Å²) >= 11 is 3.42. The zero-order valence-electron chi connectivity index (χ0n) is 16.1. The Balaban J connectivity index is 1.43. The minimum atomic E-state index is -0.0851. The van der Waals surface area contributed by atoms with Gasteiger partial charge < -0.3 is 10.1 Å². The Morgan fingerprint density at radius 2 is 1.79 bits per heavy atom. The first-order valence-electron chi connectivity index (χ1n) is 9.31. The van der Waals surface area contributed by atoms with Gasteiger partial charge in [-0.25, -0.2) is 4.68 Å². The van der Waals surface area contributed by atoms with Crippen LogP contribution < -0.4 is 10.1 Å². The summed E-state index contributed by atoms with van der Waals surface area (Å²) in [4.78, 5) is 23.5. The summed E-state index contributed by atoms with van der Waals surface area (Å²) in [6, 6.07) is 16.7. The van der Waals surface area contributed by atoms with Crippen molar-refractivity contribution in [3.05, 3.63) is 76.4 Å². The highest BCUT2D eigenvalue weighted by atomic mass is 79.9. The fourth-order valence-electron chi connectivity index (χ4n) is 2.74. The van der Waals surface area contributed by atoms with Gasteiger partial charge >= 0.3 is 0 Å². The molecule has 1 aromatic heterocycles. The molecule has 0 fully saturated rings. The van der Waals surface area contributed by atoms with Crippen molar-refractivity contribution in [1.82, 2.24) is 9.78 Å². The highest BCUT2D eigenvalue weighted by molar-refractivity contribution is 9.10. The number of aromatic nitrogens is 2. The lowest BCUT2D eigenvalue weighted by Gasteiger charge is -2.10. The minimum absolute atomic E-state index is 0.0209. The van der Waals surface area contributed by atoms with E-state index in [4.69, 9.17) is 4.74 Å². The molecule has 1 N–H and O–H groups in total. The molecular weight excluding hydrogens is 434 g/mol. The van der Waals surface area contributed by atoms with E-state index in [-0.39, 0.29) is 11.7 Å². The number of ether oxygens (including phenoxy) is 1. The largest absolute Gasteiger partial charge is 0.494 e. The van der Waals surface area contributed by atoms with Gasteiger partial charge in [-0.05, 0) is 55.3 Å². The Kier molecular flexibility index (Phi) is 7.19. The third-order valence-corrected chi connectivity index (χ3v) is 4.84. The highest BCUT2D eigenvalue weighted by Gasteiger charge is 2.08. The molecule has 1 heterocycles. The van der Waals surface area contributed by atoms with Gasteiger partial charge in [0.2, 0.25) is 5.91 Å². The SMILES string of the molecule is CC(=O)c1ccc(OCCCC(=O)Nc2ccnn2Cc2ccc(Br)cc2)cc1. The fraction of sp³-hybridized carbons (Fsp3) is 0.227. The maximum atomic E-state index is 12.2. The second-order valence-electron chi connectivity index (χ2n) is 6.58. The van der Waals surface area contributed by atoms with Crippen molar-refractivity contribution in [2.45, 2.75) is 26.3 Å². The van der Waals surface area contributed by atoms with Crippen LogP contribution in [0.15, 0.2) is 65.3 Å². The number of nitrogens with one attached hydrogen (secondary N) is 1. The molecule has 3 aromatic rings. The number of rotatable bonds is 9. The van der Waals surface area contributed by atoms with Gasteiger partial charge in [0.15, 0.2) is 5.78 Å². The van der Waals surface area contributed by atoms with E-state index >= 15 is 0 Å². The number of Topliss-reactive ketones (excluding diaryl/α,β-unsaturated/α-hetero) is 1. The molecule has 0 saturated carbocycles. The van der Waals surface area contributed by atoms with E-state index < -0.39 is 0 Å². The van der Waals surface area contributed by atoms with Crippen molar-refractivity contribution in [3.63, 3.8) is 0 Å². The molecule has 0 aliphatic heterocycles. The van der Waals surface area contributed by atoms with E-state index in [0.717, 1.165) is 10.0 Å². The van der Waals surface area contributed by atoms with E-state index in [1.54, 1.807) is 41.2 Å². The molecule has 0 radical (unpaired) electrons. The van der Waals surface area contributed by atoms with Gasteiger partial charge in [0.25, 0.3) is 0 Å². The van der Waals surface area contributed by atoms with Crippen molar-refractivity contribution >= 4 is 33.4 Å². The minimum Gasteiger partial charge on any atom is -0.494 e. The molecule has 0 aliphatic carbocycles. The predicted octanol–water partition coefficient (Wildman–Crippen LogP) is 4.69. The summed E-state index contributed by atoms with van der Waals surface area (Å²) in [6.07, 6.45) is 2.60. The third-order valence-electron chi connectivity index (χ3n) is 4.31. The maximum Gasteiger partial charge on any atom is 0.225 e. The Labute approximate surface area is 178 Å². The van der Waals surface area contributed by atoms with E-state index in [1.165, 1.54) is 6.92 Å². The van der Waals surface area contributed by atoms with E-state index in [0.29, 0.717) is 43.1 Å². The molecule has 0 atom stereocenters. The van der Waals surface area contributed by atoms with Crippen LogP contribution in [0.5, 0.6) is 5.75 Å². The number of halogens is 1. The zero-order valence-corrected chi connectivity index (χ0v) is 17.7. The summed E-state index contributed by atoms with van der Waals surface area (Å²) in [5.41, 5.74) is 1.74. The summed E-state index contributed by atoms with van der Waals surface area (Å²) in [5.74, 6) is 1.28. The van der Waals surface area contributed by atoms with E-state index in [9.17, 15) is 9.59 Å². The fourth-order valence-corrected chi connectivity index (χ4v) is 3.01. The summed E-state index contributed by atoms with van der Waals surface area (Å²) in [6.45, 7) is 2.53. The lowest BCUT2D eigenvalue weighted by atomic mass is 10.1. The molecule has 7 heteroatoms. The molecule has 3 rings (SSSR count). The summed E-state index contributed by atoms with van der Waals surface area (Å²) in [5, 5.41) is 7.18. The van der Waals surface area contributed by atoms with Crippen LogP contribution in [0.4, 0.5) is 5.82 Å². The van der Waals surface area contributed by atoms with Gasteiger partial charge in [0.1, 0.15) is 11.6 Å². The topological polar surface area (TPSA) is 73.2 Å². The van der Waals surface area contributed by atoms with Crippen molar-refractivity contribution in [1.29, 1.82) is 0 Å². The van der Waals surface area contributed by atoms with Crippen molar-refractivity contribution in [2.75, 3.05) is 11.9 Å². The Morgan fingerprint density at radius 3 is 2.48 bits per heavy atom.